The molecule has 0 spiro atoms. The number of benzene rings is 1. The molecule has 0 N–H and O–H groups in total. The van der Waals surface area contributed by atoms with Gasteiger partial charge in [0.15, 0.2) is 0 Å². The molecule has 2 nitrogen and oxygen atoms in total. The number of rotatable bonds is 2. The Hall–Kier alpha value is -1.28. The molecule has 0 atom stereocenters. The fraction of sp³-hybridized carbons (Fsp3) is 0.250. The zero-order valence-electron chi connectivity index (χ0n) is 8.87. The summed E-state index contributed by atoms with van der Waals surface area (Å²) < 4.78 is 1.94. The van der Waals surface area contributed by atoms with E-state index in [-0.39, 0.29) is 0 Å². The summed E-state index contributed by atoms with van der Waals surface area (Å²) in [5, 5.41) is 5.04. The lowest BCUT2D eigenvalue weighted by Gasteiger charge is -2.07. The molecule has 1 aromatic carbocycles. The van der Waals surface area contributed by atoms with Gasteiger partial charge in [0.05, 0.1) is 6.54 Å². The molecule has 0 unspecified atom stereocenters. The van der Waals surface area contributed by atoms with Crippen LogP contribution in [0.5, 0.6) is 0 Å². The van der Waals surface area contributed by atoms with Crippen molar-refractivity contribution < 1.29 is 0 Å². The first-order valence-corrected chi connectivity index (χ1v) is 5.28. The van der Waals surface area contributed by atoms with Crippen molar-refractivity contribution in [2.45, 2.75) is 20.4 Å². The number of hydrogen-bond acceptors (Lipinski definition) is 1. The van der Waals surface area contributed by atoms with Gasteiger partial charge in [0.25, 0.3) is 0 Å². The Balaban J connectivity index is 2.29. The van der Waals surface area contributed by atoms with Crippen LogP contribution in [0.2, 0.25) is 5.02 Å². The lowest BCUT2D eigenvalue weighted by molar-refractivity contribution is 0.665. The van der Waals surface area contributed by atoms with Crippen molar-refractivity contribution >= 4 is 11.6 Å². The van der Waals surface area contributed by atoms with E-state index in [1.165, 1.54) is 5.56 Å². The molecule has 0 fully saturated rings. The second-order valence-electron chi connectivity index (χ2n) is 3.73. The van der Waals surface area contributed by atoms with E-state index in [1.807, 2.05) is 30.7 Å². The molecule has 0 aliphatic heterocycles. The molecule has 0 radical (unpaired) electrons. The van der Waals surface area contributed by atoms with Crippen LogP contribution in [0.1, 0.15) is 16.8 Å². The van der Waals surface area contributed by atoms with Crippen LogP contribution in [-0.2, 0) is 6.54 Å². The maximum Gasteiger partial charge on any atom is 0.0676 e. The van der Waals surface area contributed by atoms with E-state index in [0.717, 1.165) is 22.8 Å². The highest BCUT2D eigenvalue weighted by Crippen LogP contribution is 2.18. The van der Waals surface area contributed by atoms with Crippen molar-refractivity contribution in [3.05, 3.63) is 52.3 Å². The molecule has 0 aliphatic carbocycles. The molecule has 0 saturated carbocycles. The number of aryl methyl sites for hydroxylation is 2. The van der Waals surface area contributed by atoms with Gasteiger partial charge in [-0.1, -0.05) is 23.7 Å². The molecule has 2 rings (SSSR count). The third kappa shape index (κ3) is 2.21. The van der Waals surface area contributed by atoms with Crippen LogP contribution in [0.15, 0.2) is 30.5 Å². The zero-order valence-corrected chi connectivity index (χ0v) is 9.62. The Morgan fingerprint density at radius 3 is 2.67 bits per heavy atom. The first kappa shape index (κ1) is 10.2. The summed E-state index contributed by atoms with van der Waals surface area (Å²) in [5.74, 6) is 0. The number of aromatic nitrogens is 2. The van der Waals surface area contributed by atoms with E-state index in [9.17, 15) is 0 Å². The SMILES string of the molecule is Cc1ccc(Cn2nccc2C)c(Cl)c1. The van der Waals surface area contributed by atoms with Crippen molar-refractivity contribution in [3.8, 4) is 0 Å². The van der Waals surface area contributed by atoms with Crippen LogP contribution < -0.4 is 0 Å². The summed E-state index contributed by atoms with van der Waals surface area (Å²) in [7, 11) is 0. The van der Waals surface area contributed by atoms with Gasteiger partial charge in [0, 0.05) is 16.9 Å². The second kappa shape index (κ2) is 4.07. The van der Waals surface area contributed by atoms with Crippen LogP contribution >= 0.6 is 11.6 Å². The van der Waals surface area contributed by atoms with Crippen molar-refractivity contribution in [2.24, 2.45) is 0 Å². The van der Waals surface area contributed by atoms with E-state index in [2.05, 4.69) is 17.2 Å². The molecule has 2 aromatic rings. The Labute approximate surface area is 94.5 Å². The van der Waals surface area contributed by atoms with Crippen LogP contribution in [-0.4, -0.2) is 9.78 Å². The van der Waals surface area contributed by atoms with Gasteiger partial charge in [-0.25, -0.2) is 0 Å². The van der Waals surface area contributed by atoms with Crippen LogP contribution in [0.4, 0.5) is 0 Å². The average molecular weight is 221 g/mol. The molecular weight excluding hydrogens is 208 g/mol. The highest BCUT2D eigenvalue weighted by Gasteiger charge is 2.03. The minimum Gasteiger partial charge on any atom is -0.265 e. The van der Waals surface area contributed by atoms with Crippen molar-refractivity contribution in [2.75, 3.05) is 0 Å². The van der Waals surface area contributed by atoms with Crippen LogP contribution in [0.3, 0.4) is 0 Å². The Morgan fingerprint density at radius 1 is 1.27 bits per heavy atom. The molecule has 78 valence electrons. The van der Waals surface area contributed by atoms with E-state index in [0.29, 0.717) is 0 Å². The van der Waals surface area contributed by atoms with Gasteiger partial charge >= 0.3 is 0 Å². The summed E-state index contributed by atoms with van der Waals surface area (Å²) >= 11 is 6.16. The first-order chi connectivity index (χ1) is 7.16. The summed E-state index contributed by atoms with van der Waals surface area (Å²) in [6.45, 7) is 4.81. The molecule has 0 amide bonds. The van der Waals surface area contributed by atoms with E-state index in [4.69, 9.17) is 11.6 Å². The molecule has 3 heteroatoms. The lowest BCUT2D eigenvalue weighted by Crippen LogP contribution is -2.03. The van der Waals surface area contributed by atoms with Crippen molar-refractivity contribution in [1.82, 2.24) is 9.78 Å². The first-order valence-electron chi connectivity index (χ1n) is 4.90. The standard InChI is InChI=1S/C12H13ClN2/c1-9-3-4-11(12(13)7-9)8-15-10(2)5-6-14-15/h3-7H,8H2,1-2H3. The summed E-state index contributed by atoms with van der Waals surface area (Å²) in [6.07, 6.45) is 1.80. The third-order valence-electron chi connectivity index (χ3n) is 2.46. The molecule has 0 saturated heterocycles. The Kier molecular flexibility index (Phi) is 2.78. The van der Waals surface area contributed by atoms with Crippen LogP contribution in [0, 0.1) is 13.8 Å². The maximum absolute atomic E-state index is 6.16. The van der Waals surface area contributed by atoms with Gasteiger partial charge in [0.2, 0.25) is 0 Å². The molecule has 1 heterocycles. The number of hydrogen-bond donors (Lipinski definition) is 0. The van der Waals surface area contributed by atoms with Gasteiger partial charge in [-0.05, 0) is 37.1 Å². The van der Waals surface area contributed by atoms with E-state index < -0.39 is 0 Å². The van der Waals surface area contributed by atoms with E-state index in [1.54, 1.807) is 6.20 Å². The molecule has 0 aliphatic rings. The topological polar surface area (TPSA) is 17.8 Å². The third-order valence-corrected chi connectivity index (χ3v) is 2.81. The minimum atomic E-state index is 0.734. The normalized spacial score (nSPS) is 10.6. The fourth-order valence-electron chi connectivity index (χ4n) is 1.51. The minimum absolute atomic E-state index is 0.734. The second-order valence-corrected chi connectivity index (χ2v) is 4.13. The smallest absolute Gasteiger partial charge is 0.0676 e. The largest absolute Gasteiger partial charge is 0.265 e. The van der Waals surface area contributed by atoms with Gasteiger partial charge < -0.3 is 0 Å². The average Bonchev–Trinajstić information content (AvgIpc) is 2.57. The Morgan fingerprint density at radius 2 is 2.07 bits per heavy atom. The number of halogens is 1. The van der Waals surface area contributed by atoms with Crippen LogP contribution in [0.25, 0.3) is 0 Å². The molecule has 1 aromatic heterocycles. The monoisotopic (exact) mass is 220 g/mol. The van der Waals surface area contributed by atoms with Crippen molar-refractivity contribution in [1.29, 1.82) is 0 Å². The maximum atomic E-state index is 6.16. The highest BCUT2D eigenvalue weighted by molar-refractivity contribution is 6.31. The Bertz CT molecular complexity index is 474. The number of nitrogens with zero attached hydrogens (tertiary/aromatic N) is 2. The molecule has 0 bridgehead atoms. The summed E-state index contributed by atoms with van der Waals surface area (Å²) in [6, 6.07) is 8.09. The highest BCUT2D eigenvalue weighted by atomic mass is 35.5. The van der Waals surface area contributed by atoms with Gasteiger partial charge in [-0.15, -0.1) is 0 Å². The predicted molar refractivity (Wildman–Crippen MR) is 62.3 cm³/mol. The van der Waals surface area contributed by atoms with Gasteiger partial charge in [-0.3, -0.25) is 4.68 Å². The van der Waals surface area contributed by atoms with E-state index >= 15 is 0 Å². The molecule has 15 heavy (non-hydrogen) atoms. The fourth-order valence-corrected chi connectivity index (χ4v) is 1.80. The molecular formula is C12H13ClN2. The lowest BCUT2D eigenvalue weighted by atomic mass is 10.1. The van der Waals surface area contributed by atoms with Gasteiger partial charge in [-0.2, -0.15) is 5.10 Å². The summed E-state index contributed by atoms with van der Waals surface area (Å²) in [5.41, 5.74) is 3.43. The predicted octanol–water partition coefficient (Wildman–Crippen LogP) is 3.20. The van der Waals surface area contributed by atoms with Crippen molar-refractivity contribution in [3.63, 3.8) is 0 Å². The van der Waals surface area contributed by atoms with Gasteiger partial charge in [0.1, 0.15) is 0 Å². The zero-order chi connectivity index (χ0) is 10.8. The summed E-state index contributed by atoms with van der Waals surface area (Å²) in [4.78, 5) is 0. The quantitative estimate of drug-likeness (QED) is 0.760.